The molecule has 0 aliphatic carbocycles. The topological polar surface area (TPSA) is 21.3 Å². The molecule has 18 heavy (non-hydrogen) atoms. The predicted molar refractivity (Wildman–Crippen MR) is 65.6 cm³/mol. The molecule has 100 valence electrons. The number of ether oxygens (including phenoxy) is 1. The van der Waals surface area contributed by atoms with Crippen LogP contribution in [-0.4, -0.2) is 19.7 Å². The lowest BCUT2D eigenvalue weighted by Gasteiger charge is -2.16. The molecule has 0 radical (unpaired) electrons. The Morgan fingerprint density at radius 3 is 2.78 bits per heavy atom. The fraction of sp³-hybridized carbons (Fsp3) is 0.500. The Balaban J connectivity index is 2.12. The molecule has 1 unspecified atom stereocenters. The molecule has 1 atom stereocenters. The molecule has 2 nitrogen and oxygen atoms in total. The zero-order valence-corrected chi connectivity index (χ0v) is 11.1. The molecule has 1 aromatic carbocycles. The Morgan fingerprint density at radius 1 is 1.39 bits per heavy atom. The molecule has 6 heteroatoms. The van der Waals surface area contributed by atoms with Crippen molar-refractivity contribution in [2.75, 3.05) is 19.7 Å². The van der Waals surface area contributed by atoms with Gasteiger partial charge in [-0.25, -0.2) is 0 Å². The van der Waals surface area contributed by atoms with Crippen molar-refractivity contribution in [3.05, 3.63) is 28.2 Å². The maximum absolute atomic E-state index is 12.8. The third-order valence-corrected chi connectivity index (χ3v) is 3.38. The van der Waals surface area contributed by atoms with Gasteiger partial charge in [-0.05, 0) is 31.2 Å². The molecule has 2 rings (SSSR count). The highest BCUT2D eigenvalue weighted by Crippen LogP contribution is 2.37. The second-order valence-electron chi connectivity index (χ2n) is 4.31. The van der Waals surface area contributed by atoms with Gasteiger partial charge in [-0.15, -0.1) is 0 Å². The van der Waals surface area contributed by atoms with E-state index < -0.39 is 11.7 Å². The first-order chi connectivity index (χ1) is 8.47. The van der Waals surface area contributed by atoms with E-state index in [-0.39, 0.29) is 11.7 Å². The minimum Gasteiger partial charge on any atom is -0.493 e. The summed E-state index contributed by atoms with van der Waals surface area (Å²) in [6.45, 7) is 2.01. The van der Waals surface area contributed by atoms with E-state index in [0.29, 0.717) is 11.1 Å². The third-order valence-electron chi connectivity index (χ3n) is 2.89. The summed E-state index contributed by atoms with van der Waals surface area (Å²) in [5.41, 5.74) is -0.725. The molecule has 0 aromatic heterocycles. The summed E-state index contributed by atoms with van der Waals surface area (Å²) in [4.78, 5) is 0. The quantitative estimate of drug-likeness (QED) is 0.919. The van der Waals surface area contributed by atoms with Crippen LogP contribution in [0.5, 0.6) is 5.75 Å². The van der Waals surface area contributed by atoms with E-state index in [1.807, 2.05) is 0 Å². The van der Waals surface area contributed by atoms with E-state index in [4.69, 9.17) is 4.74 Å². The first-order valence-corrected chi connectivity index (χ1v) is 6.46. The average Bonchev–Trinajstić information content (AvgIpc) is 2.77. The monoisotopic (exact) mass is 323 g/mol. The second-order valence-corrected chi connectivity index (χ2v) is 5.22. The fourth-order valence-electron chi connectivity index (χ4n) is 1.91. The number of rotatable bonds is 3. The van der Waals surface area contributed by atoms with E-state index in [1.54, 1.807) is 0 Å². The van der Waals surface area contributed by atoms with E-state index in [2.05, 4.69) is 21.2 Å². The van der Waals surface area contributed by atoms with Crippen molar-refractivity contribution in [1.29, 1.82) is 0 Å². The number of hydrogen-bond donors (Lipinski definition) is 1. The standard InChI is InChI=1S/C12H13BrF3NO/c13-9-1-2-10(12(14,15)16)11(5-9)18-7-8-3-4-17-6-8/h1-2,5,8,17H,3-4,6-7H2. The summed E-state index contributed by atoms with van der Waals surface area (Å²) in [5.74, 6) is 0.175. The van der Waals surface area contributed by atoms with Crippen molar-refractivity contribution >= 4 is 15.9 Å². The van der Waals surface area contributed by atoms with E-state index in [0.717, 1.165) is 25.6 Å². The van der Waals surface area contributed by atoms with Crippen LogP contribution in [0.4, 0.5) is 13.2 Å². The SMILES string of the molecule is FC(F)(F)c1ccc(Br)cc1OCC1CCNC1. The molecule has 0 amide bonds. The van der Waals surface area contributed by atoms with Crippen LogP contribution in [0, 0.1) is 5.92 Å². The number of hydrogen-bond acceptors (Lipinski definition) is 2. The highest BCUT2D eigenvalue weighted by Gasteiger charge is 2.34. The summed E-state index contributed by atoms with van der Waals surface area (Å²) in [7, 11) is 0. The molecule has 1 N–H and O–H groups in total. The second kappa shape index (κ2) is 5.48. The highest BCUT2D eigenvalue weighted by atomic mass is 79.9. The van der Waals surface area contributed by atoms with Gasteiger partial charge in [-0.2, -0.15) is 13.2 Å². The molecule has 1 aromatic rings. The molecular weight excluding hydrogens is 311 g/mol. The Morgan fingerprint density at radius 2 is 2.17 bits per heavy atom. The van der Waals surface area contributed by atoms with Crippen LogP contribution in [0.2, 0.25) is 0 Å². The van der Waals surface area contributed by atoms with Gasteiger partial charge in [-0.1, -0.05) is 15.9 Å². The van der Waals surface area contributed by atoms with E-state index in [9.17, 15) is 13.2 Å². The van der Waals surface area contributed by atoms with Crippen molar-refractivity contribution in [1.82, 2.24) is 5.32 Å². The van der Waals surface area contributed by atoms with Crippen LogP contribution in [0.1, 0.15) is 12.0 Å². The molecule has 1 aliphatic rings. The molecule has 1 fully saturated rings. The van der Waals surface area contributed by atoms with Crippen LogP contribution in [0.15, 0.2) is 22.7 Å². The fourth-order valence-corrected chi connectivity index (χ4v) is 2.25. The first-order valence-electron chi connectivity index (χ1n) is 5.67. The number of benzene rings is 1. The largest absolute Gasteiger partial charge is 0.493 e. The van der Waals surface area contributed by atoms with Crippen molar-refractivity contribution in [2.45, 2.75) is 12.6 Å². The zero-order chi connectivity index (χ0) is 13.2. The summed E-state index contributed by atoms with van der Waals surface area (Å²) in [5, 5.41) is 3.15. The minimum absolute atomic E-state index is 0.108. The van der Waals surface area contributed by atoms with Gasteiger partial charge in [0.2, 0.25) is 0 Å². The minimum atomic E-state index is -4.38. The van der Waals surface area contributed by atoms with Gasteiger partial charge >= 0.3 is 6.18 Å². The van der Waals surface area contributed by atoms with E-state index in [1.165, 1.54) is 12.1 Å². The third kappa shape index (κ3) is 3.38. The maximum Gasteiger partial charge on any atom is 0.419 e. The van der Waals surface area contributed by atoms with Crippen molar-refractivity contribution in [3.8, 4) is 5.75 Å². The average molecular weight is 324 g/mol. The van der Waals surface area contributed by atoms with Crippen LogP contribution in [0.3, 0.4) is 0 Å². The number of alkyl halides is 3. The van der Waals surface area contributed by atoms with Crippen molar-refractivity contribution in [2.24, 2.45) is 5.92 Å². The van der Waals surface area contributed by atoms with E-state index >= 15 is 0 Å². The molecular formula is C12H13BrF3NO. The molecule has 0 saturated carbocycles. The summed E-state index contributed by atoms with van der Waals surface area (Å²) >= 11 is 3.16. The van der Waals surface area contributed by atoms with Gasteiger partial charge in [0.15, 0.2) is 0 Å². The smallest absolute Gasteiger partial charge is 0.419 e. The lowest BCUT2D eigenvalue weighted by atomic mass is 10.1. The Hall–Kier alpha value is -0.750. The van der Waals surface area contributed by atoms with Gasteiger partial charge < -0.3 is 10.1 Å². The van der Waals surface area contributed by atoms with Crippen molar-refractivity contribution < 1.29 is 17.9 Å². The summed E-state index contributed by atoms with van der Waals surface area (Å²) in [6, 6.07) is 3.77. The summed E-state index contributed by atoms with van der Waals surface area (Å²) < 4.78 is 44.2. The van der Waals surface area contributed by atoms with Gasteiger partial charge in [0.05, 0.1) is 12.2 Å². The van der Waals surface area contributed by atoms with Crippen LogP contribution < -0.4 is 10.1 Å². The first kappa shape index (κ1) is 13.7. The molecule has 0 spiro atoms. The van der Waals surface area contributed by atoms with Gasteiger partial charge in [0.1, 0.15) is 5.75 Å². The van der Waals surface area contributed by atoms with Crippen molar-refractivity contribution in [3.63, 3.8) is 0 Å². The van der Waals surface area contributed by atoms with Crippen LogP contribution in [0.25, 0.3) is 0 Å². The normalized spacial score (nSPS) is 20.1. The van der Waals surface area contributed by atoms with Gasteiger partial charge in [0.25, 0.3) is 0 Å². The van der Waals surface area contributed by atoms with Gasteiger partial charge in [0, 0.05) is 16.9 Å². The number of nitrogens with one attached hydrogen (secondary N) is 1. The maximum atomic E-state index is 12.8. The number of halogens is 4. The Labute approximate surface area is 112 Å². The van der Waals surface area contributed by atoms with Gasteiger partial charge in [-0.3, -0.25) is 0 Å². The Kier molecular flexibility index (Phi) is 4.17. The molecule has 1 heterocycles. The zero-order valence-electron chi connectivity index (χ0n) is 9.56. The lowest BCUT2D eigenvalue weighted by Crippen LogP contribution is -2.17. The highest BCUT2D eigenvalue weighted by molar-refractivity contribution is 9.10. The predicted octanol–water partition coefficient (Wildman–Crippen LogP) is 3.46. The van der Waals surface area contributed by atoms with Crippen LogP contribution >= 0.6 is 15.9 Å². The molecule has 1 aliphatic heterocycles. The lowest BCUT2D eigenvalue weighted by molar-refractivity contribution is -0.139. The van der Waals surface area contributed by atoms with Crippen LogP contribution in [-0.2, 0) is 6.18 Å². The molecule has 0 bridgehead atoms. The Bertz CT molecular complexity index is 416. The summed E-state index contributed by atoms with van der Waals surface area (Å²) in [6.07, 6.45) is -3.45. The molecule has 1 saturated heterocycles.